The van der Waals surface area contributed by atoms with Gasteiger partial charge in [0.1, 0.15) is 5.69 Å². The summed E-state index contributed by atoms with van der Waals surface area (Å²) in [5.74, 6) is -0.328. The number of amides is 2. The van der Waals surface area contributed by atoms with E-state index >= 15 is 0 Å². The molecule has 7 nitrogen and oxygen atoms in total. The number of pyridine rings is 1. The highest BCUT2D eigenvalue weighted by atomic mass is 16.2. The van der Waals surface area contributed by atoms with E-state index in [4.69, 9.17) is 0 Å². The van der Waals surface area contributed by atoms with Gasteiger partial charge in [0.15, 0.2) is 0 Å². The number of piperidine rings is 1. The molecule has 1 aromatic carbocycles. The topological polar surface area (TPSA) is 91.0 Å². The molecular formula is C22H23N5O2. The van der Waals surface area contributed by atoms with Gasteiger partial charge in [-0.15, -0.1) is 0 Å². The van der Waals surface area contributed by atoms with Crippen molar-refractivity contribution in [1.29, 1.82) is 0 Å². The Balaban J connectivity index is 1.37. The van der Waals surface area contributed by atoms with Gasteiger partial charge in [0.25, 0.3) is 5.91 Å². The molecular weight excluding hydrogens is 366 g/mol. The van der Waals surface area contributed by atoms with Crippen molar-refractivity contribution >= 4 is 11.8 Å². The second-order valence-electron chi connectivity index (χ2n) is 7.20. The van der Waals surface area contributed by atoms with E-state index in [9.17, 15) is 9.59 Å². The van der Waals surface area contributed by atoms with E-state index in [1.54, 1.807) is 23.4 Å². The van der Waals surface area contributed by atoms with Gasteiger partial charge in [-0.3, -0.25) is 19.7 Å². The Bertz CT molecular complexity index is 971. The third-order valence-electron chi connectivity index (χ3n) is 5.17. The molecule has 29 heavy (non-hydrogen) atoms. The molecule has 1 aliphatic rings. The van der Waals surface area contributed by atoms with Crippen LogP contribution in [0.4, 0.5) is 0 Å². The van der Waals surface area contributed by atoms with Crippen molar-refractivity contribution in [2.45, 2.75) is 19.4 Å². The largest absolute Gasteiger partial charge is 0.352 e. The summed E-state index contributed by atoms with van der Waals surface area (Å²) < 4.78 is 0. The maximum absolute atomic E-state index is 12.9. The number of hydrogen-bond donors (Lipinski definition) is 2. The van der Waals surface area contributed by atoms with Crippen molar-refractivity contribution in [3.63, 3.8) is 0 Å². The Morgan fingerprint density at radius 3 is 2.72 bits per heavy atom. The number of nitrogens with one attached hydrogen (secondary N) is 2. The summed E-state index contributed by atoms with van der Waals surface area (Å²) in [5, 5.41) is 10.1. The molecule has 0 aliphatic carbocycles. The van der Waals surface area contributed by atoms with E-state index in [0.29, 0.717) is 31.0 Å². The van der Waals surface area contributed by atoms with E-state index in [2.05, 4.69) is 20.5 Å². The van der Waals surface area contributed by atoms with Gasteiger partial charge in [-0.1, -0.05) is 30.3 Å². The number of nitrogens with zero attached hydrogens (tertiary/aromatic N) is 3. The summed E-state index contributed by atoms with van der Waals surface area (Å²) in [4.78, 5) is 31.2. The molecule has 4 rings (SSSR count). The summed E-state index contributed by atoms with van der Waals surface area (Å²) in [5.41, 5.74) is 3.09. The lowest BCUT2D eigenvalue weighted by Crippen LogP contribution is -2.45. The first kappa shape index (κ1) is 18.9. The van der Waals surface area contributed by atoms with Crippen LogP contribution < -0.4 is 5.32 Å². The van der Waals surface area contributed by atoms with Gasteiger partial charge in [-0.2, -0.15) is 5.10 Å². The summed E-state index contributed by atoms with van der Waals surface area (Å²) in [6.45, 7) is 1.56. The van der Waals surface area contributed by atoms with Crippen LogP contribution in [-0.2, 0) is 11.3 Å². The van der Waals surface area contributed by atoms with Crippen LogP contribution in [0, 0.1) is 5.92 Å². The number of aromatic nitrogens is 3. The summed E-state index contributed by atoms with van der Waals surface area (Å²) in [7, 11) is 0. The number of likely N-dealkylation sites (tertiary alicyclic amines) is 1. The van der Waals surface area contributed by atoms with Crippen molar-refractivity contribution in [3.8, 4) is 11.3 Å². The molecule has 2 amide bonds. The molecule has 148 valence electrons. The van der Waals surface area contributed by atoms with Gasteiger partial charge in [-0.25, -0.2) is 0 Å². The van der Waals surface area contributed by atoms with Crippen molar-refractivity contribution in [1.82, 2.24) is 25.4 Å². The molecule has 2 N–H and O–H groups in total. The highest BCUT2D eigenvalue weighted by Crippen LogP contribution is 2.21. The SMILES string of the molecule is O=C(NCc1ccccc1)C1CCCN(C(=O)c2cc(-c3ccncc3)n[nH]2)C1. The zero-order valence-corrected chi connectivity index (χ0v) is 16.0. The van der Waals surface area contributed by atoms with E-state index in [1.807, 2.05) is 42.5 Å². The fourth-order valence-electron chi connectivity index (χ4n) is 3.58. The minimum Gasteiger partial charge on any atom is -0.352 e. The zero-order valence-electron chi connectivity index (χ0n) is 16.0. The minimum absolute atomic E-state index is 0.00608. The fourth-order valence-corrected chi connectivity index (χ4v) is 3.58. The summed E-state index contributed by atoms with van der Waals surface area (Å²) in [6.07, 6.45) is 4.97. The van der Waals surface area contributed by atoms with E-state index in [0.717, 1.165) is 24.0 Å². The molecule has 1 saturated heterocycles. The molecule has 0 radical (unpaired) electrons. The first-order valence-corrected chi connectivity index (χ1v) is 9.77. The highest BCUT2D eigenvalue weighted by Gasteiger charge is 2.29. The summed E-state index contributed by atoms with van der Waals surface area (Å²) in [6, 6.07) is 15.3. The standard InChI is InChI=1S/C22H23N5O2/c28-21(24-14-16-5-2-1-3-6-16)18-7-4-12-27(15-18)22(29)20-13-19(25-26-20)17-8-10-23-11-9-17/h1-3,5-6,8-11,13,18H,4,7,12,14-15H2,(H,24,28)(H,25,26). The van der Waals surface area contributed by atoms with Crippen LogP contribution in [0.5, 0.6) is 0 Å². The van der Waals surface area contributed by atoms with E-state index in [-0.39, 0.29) is 17.7 Å². The number of benzene rings is 1. The van der Waals surface area contributed by atoms with Gasteiger partial charge in [0.2, 0.25) is 5.91 Å². The van der Waals surface area contributed by atoms with Crippen molar-refractivity contribution in [2.75, 3.05) is 13.1 Å². The van der Waals surface area contributed by atoms with Crippen LogP contribution in [-0.4, -0.2) is 45.0 Å². The van der Waals surface area contributed by atoms with Crippen LogP contribution >= 0.6 is 0 Å². The van der Waals surface area contributed by atoms with Crippen LogP contribution in [0.25, 0.3) is 11.3 Å². The van der Waals surface area contributed by atoms with Gasteiger partial charge in [-0.05, 0) is 36.6 Å². The lowest BCUT2D eigenvalue weighted by atomic mass is 9.96. The quantitative estimate of drug-likeness (QED) is 0.702. The van der Waals surface area contributed by atoms with Gasteiger partial charge in [0, 0.05) is 37.6 Å². The Hall–Kier alpha value is -3.48. The normalized spacial score (nSPS) is 16.4. The van der Waals surface area contributed by atoms with Gasteiger partial charge >= 0.3 is 0 Å². The zero-order chi connectivity index (χ0) is 20.1. The van der Waals surface area contributed by atoms with Gasteiger partial charge in [0.05, 0.1) is 11.6 Å². The molecule has 1 atom stereocenters. The fraction of sp³-hybridized carbons (Fsp3) is 0.273. The Morgan fingerprint density at radius 1 is 1.14 bits per heavy atom. The van der Waals surface area contributed by atoms with Crippen LogP contribution in [0.3, 0.4) is 0 Å². The number of carbonyl (C=O) groups excluding carboxylic acids is 2. The molecule has 3 heterocycles. The second kappa shape index (κ2) is 8.68. The first-order valence-electron chi connectivity index (χ1n) is 9.77. The number of aromatic amines is 1. The first-order chi connectivity index (χ1) is 14.2. The van der Waals surface area contributed by atoms with Crippen molar-refractivity contribution in [3.05, 3.63) is 72.2 Å². The van der Waals surface area contributed by atoms with E-state index in [1.165, 1.54) is 0 Å². The van der Waals surface area contributed by atoms with Crippen LogP contribution in [0.15, 0.2) is 60.9 Å². The highest BCUT2D eigenvalue weighted by molar-refractivity contribution is 5.94. The molecule has 2 aromatic heterocycles. The Labute approximate surface area is 169 Å². The monoisotopic (exact) mass is 389 g/mol. The third-order valence-corrected chi connectivity index (χ3v) is 5.17. The average Bonchev–Trinajstić information content (AvgIpc) is 3.29. The molecule has 7 heteroatoms. The molecule has 3 aromatic rings. The maximum Gasteiger partial charge on any atom is 0.271 e. The Morgan fingerprint density at radius 2 is 1.93 bits per heavy atom. The third kappa shape index (κ3) is 4.51. The average molecular weight is 389 g/mol. The molecule has 0 bridgehead atoms. The number of hydrogen-bond acceptors (Lipinski definition) is 4. The molecule has 1 aliphatic heterocycles. The Kier molecular flexibility index (Phi) is 5.65. The number of H-pyrrole nitrogens is 1. The predicted octanol–water partition coefficient (Wildman–Crippen LogP) is 2.64. The summed E-state index contributed by atoms with van der Waals surface area (Å²) >= 11 is 0. The molecule has 0 spiro atoms. The second-order valence-corrected chi connectivity index (χ2v) is 7.20. The molecule has 1 unspecified atom stereocenters. The molecule has 1 fully saturated rings. The van der Waals surface area contributed by atoms with Crippen LogP contribution in [0.1, 0.15) is 28.9 Å². The smallest absolute Gasteiger partial charge is 0.271 e. The predicted molar refractivity (Wildman–Crippen MR) is 109 cm³/mol. The number of rotatable bonds is 5. The molecule has 0 saturated carbocycles. The van der Waals surface area contributed by atoms with E-state index < -0.39 is 0 Å². The lowest BCUT2D eigenvalue weighted by Gasteiger charge is -2.31. The number of carbonyl (C=O) groups is 2. The minimum atomic E-state index is -0.195. The van der Waals surface area contributed by atoms with Gasteiger partial charge < -0.3 is 10.2 Å². The lowest BCUT2D eigenvalue weighted by molar-refractivity contribution is -0.126. The maximum atomic E-state index is 12.9. The van der Waals surface area contributed by atoms with Crippen molar-refractivity contribution in [2.24, 2.45) is 5.92 Å². The van der Waals surface area contributed by atoms with Crippen molar-refractivity contribution < 1.29 is 9.59 Å². The van der Waals surface area contributed by atoms with Crippen LogP contribution in [0.2, 0.25) is 0 Å².